The van der Waals surface area contributed by atoms with Gasteiger partial charge >= 0.3 is 0 Å². The molecule has 0 saturated heterocycles. The third-order valence-corrected chi connectivity index (χ3v) is 13.3. The fraction of sp³-hybridized carbons (Fsp3) is 0.767. The van der Waals surface area contributed by atoms with Gasteiger partial charge in [-0.3, -0.25) is 4.79 Å². The van der Waals surface area contributed by atoms with Crippen LogP contribution in [0.3, 0.4) is 0 Å². The van der Waals surface area contributed by atoms with Crippen molar-refractivity contribution in [3.05, 3.63) is 23.2 Å². The van der Waals surface area contributed by atoms with Crippen molar-refractivity contribution in [1.82, 2.24) is 0 Å². The monoisotopic (exact) mass is 596 g/mol. The van der Waals surface area contributed by atoms with Crippen LogP contribution in [0.5, 0.6) is 0 Å². The molecule has 10 heteroatoms. The van der Waals surface area contributed by atoms with Gasteiger partial charge in [0.1, 0.15) is 4.90 Å². The first-order valence-corrected chi connectivity index (χ1v) is 16.7. The highest BCUT2D eigenvalue weighted by atomic mass is 35.5. The van der Waals surface area contributed by atoms with E-state index in [-0.39, 0.29) is 62.3 Å². The number of anilines is 1. The number of benzene rings is 1. The van der Waals surface area contributed by atoms with E-state index in [1.807, 2.05) is 0 Å². The van der Waals surface area contributed by atoms with Crippen molar-refractivity contribution < 1.29 is 28.5 Å². The maximum Gasteiger partial charge on any atom is 0.239 e. The van der Waals surface area contributed by atoms with Gasteiger partial charge < -0.3 is 20.6 Å². The minimum atomic E-state index is -3.94. The van der Waals surface area contributed by atoms with Crippen LogP contribution in [0.2, 0.25) is 5.02 Å². The molecule has 224 valence electrons. The second-order valence-electron chi connectivity index (χ2n) is 13.8. The Morgan fingerprint density at radius 3 is 2.52 bits per heavy atom. The quantitative estimate of drug-likeness (QED) is 0.330. The van der Waals surface area contributed by atoms with E-state index in [1.54, 1.807) is 0 Å². The summed E-state index contributed by atoms with van der Waals surface area (Å²) < 4.78 is 23.2. The zero-order chi connectivity index (χ0) is 29.2. The summed E-state index contributed by atoms with van der Waals surface area (Å²) in [6.45, 7) is 6.72. The lowest BCUT2D eigenvalue weighted by Gasteiger charge is -2.63. The van der Waals surface area contributed by atoms with Gasteiger partial charge in [-0.1, -0.05) is 32.4 Å². The number of sulfonamides is 1. The second kappa shape index (κ2) is 10.8. The molecule has 5 rings (SSSR count). The number of fused-ring (bicyclic) bond motifs is 5. The maximum atomic E-state index is 12.8. The largest absolute Gasteiger partial charge is 0.393 e. The zero-order valence-corrected chi connectivity index (χ0v) is 25.3. The molecular weight excluding hydrogens is 552 g/mol. The number of amides is 1. The van der Waals surface area contributed by atoms with E-state index in [0.29, 0.717) is 30.9 Å². The summed E-state index contributed by atoms with van der Waals surface area (Å²) in [5.41, 5.74) is 0.139. The summed E-state index contributed by atoms with van der Waals surface area (Å²) in [5.74, 6) is 1.22. The fourth-order valence-electron chi connectivity index (χ4n) is 9.72. The summed E-state index contributed by atoms with van der Waals surface area (Å²) in [4.78, 5) is 12.6. The Hall–Kier alpha value is -1.23. The standard InChI is InChI=1S/C30H45ClN2O6S/c1-16(4-9-27(37)33-18-5-8-25(23(31)14-18)40(32,38)39)20-6-7-21-28-22(15-26(36)30(20,21)3)29(2)11-10-19(34)12-17(29)13-24(28)35/h5,8,14,16-17,19-22,24,26,28,34-36H,4,6-7,9-13,15H2,1-3H3,(H,33,37)(H2,32,38,39)/t16-,17+,19-,20-,21+,22+,24-,26+,28+,29+,30-/m1/s1. The van der Waals surface area contributed by atoms with Gasteiger partial charge in [-0.15, -0.1) is 0 Å². The lowest BCUT2D eigenvalue weighted by molar-refractivity contribution is -0.207. The molecule has 4 aliphatic rings. The molecule has 6 N–H and O–H groups in total. The van der Waals surface area contributed by atoms with Crippen molar-refractivity contribution >= 4 is 33.2 Å². The van der Waals surface area contributed by atoms with Crippen molar-refractivity contribution in [3.63, 3.8) is 0 Å². The van der Waals surface area contributed by atoms with E-state index in [1.165, 1.54) is 18.2 Å². The summed E-state index contributed by atoms with van der Waals surface area (Å²) in [7, 11) is -3.94. The number of carbonyl (C=O) groups excluding carboxylic acids is 1. The molecule has 0 heterocycles. The van der Waals surface area contributed by atoms with Gasteiger partial charge in [-0.2, -0.15) is 0 Å². The van der Waals surface area contributed by atoms with Crippen LogP contribution in [0, 0.1) is 46.3 Å². The predicted molar refractivity (Wildman–Crippen MR) is 154 cm³/mol. The summed E-state index contributed by atoms with van der Waals surface area (Å²) in [5, 5.41) is 41.4. The molecule has 0 spiro atoms. The number of carbonyl (C=O) groups is 1. The van der Waals surface area contributed by atoms with Crippen LogP contribution < -0.4 is 10.5 Å². The predicted octanol–water partition coefficient (Wildman–Crippen LogP) is 4.30. The van der Waals surface area contributed by atoms with Crippen LogP contribution in [0.25, 0.3) is 0 Å². The molecular formula is C30H45ClN2O6S. The molecule has 4 aliphatic carbocycles. The Morgan fingerprint density at radius 1 is 1.12 bits per heavy atom. The summed E-state index contributed by atoms with van der Waals surface area (Å²) in [6, 6.07) is 4.14. The number of nitrogens with two attached hydrogens (primary N) is 1. The van der Waals surface area contributed by atoms with E-state index < -0.39 is 22.2 Å². The van der Waals surface area contributed by atoms with Crippen LogP contribution in [-0.2, 0) is 14.8 Å². The molecule has 1 amide bonds. The fourth-order valence-corrected chi connectivity index (χ4v) is 10.8. The summed E-state index contributed by atoms with van der Waals surface area (Å²) in [6.07, 6.45) is 5.68. The maximum absolute atomic E-state index is 12.8. The first-order valence-electron chi connectivity index (χ1n) is 14.8. The second-order valence-corrected chi connectivity index (χ2v) is 15.7. The Labute approximate surface area is 243 Å². The van der Waals surface area contributed by atoms with Gasteiger partial charge in [0.25, 0.3) is 0 Å². The zero-order valence-electron chi connectivity index (χ0n) is 23.7. The molecule has 0 radical (unpaired) electrons. The minimum Gasteiger partial charge on any atom is -0.393 e. The van der Waals surface area contributed by atoms with Gasteiger partial charge in [-0.25, -0.2) is 13.6 Å². The number of halogens is 1. The van der Waals surface area contributed by atoms with Gasteiger partial charge in [0.15, 0.2) is 0 Å². The Kier molecular flexibility index (Phi) is 8.16. The molecule has 40 heavy (non-hydrogen) atoms. The Morgan fingerprint density at radius 2 is 1.85 bits per heavy atom. The molecule has 0 aromatic heterocycles. The molecule has 0 aliphatic heterocycles. The van der Waals surface area contributed by atoms with Crippen LogP contribution in [0.4, 0.5) is 5.69 Å². The third-order valence-electron chi connectivity index (χ3n) is 11.9. The minimum absolute atomic E-state index is 0.0438. The molecule has 1 aromatic rings. The average Bonchev–Trinajstić information content (AvgIpc) is 3.22. The highest BCUT2D eigenvalue weighted by Crippen LogP contribution is 2.68. The van der Waals surface area contributed by atoms with Gasteiger partial charge in [-0.05, 0) is 116 Å². The van der Waals surface area contributed by atoms with E-state index in [9.17, 15) is 28.5 Å². The van der Waals surface area contributed by atoms with E-state index in [0.717, 1.165) is 38.5 Å². The number of aliphatic hydroxyl groups is 3. The Balaban J connectivity index is 1.25. The first-order chi connectivity index (χ1) is 18.7. The summed E-state index contributed by atoms with van der Waals surface area (Å²) >= 11 is 6.05. The molecule has 8 nitrogen and oxygen atoms in total. The smallest absolute Gasteiger partial charge is 0.239 e. The van der Waals surface area contributed by atoms with E-state index in [2.05, 4.69) is 26.1 Å². The lowest BCUT2D eigenvalue weighted by Crippen LogP contribution is -2.62. The van der Waals surface area contributed by atoms with Crippen LogP contribution in [-0.4, -0.2) is 48.0 Å². The van der Waals surface area contributed by atoms with Gasteiger partial charge in [0.2, 0.25) is 15.9 Å². The van der Waals surface area contributed by atoms with Gasteiger partial charge in [0.05, 0.1) is 23.3 Å². The molecule has 4 saturated carbocycles. The average molecular weight is 597 g/mol. The van der Waals surface area contributed by atoms with Crippen molar-refractivity contribution in [2.75, 3.05) is 5.32 Å². The number of hydrogen-bond donors (Lipinski definition) is 5. The third kappa shape index (κ3) is 5.13. The molecule has 0 bridgehead atoms. The Bertz CT molecular complexity index is 1240. The highest BCUT2D eigenvalue weighted by Gasteiger charge is 2.65. The molecule has 11 atom stereocenters. The number of hydrogen-bond acceptors (Lipinski definition) is 6. The number of nitrogens with one attached hydrogen (secondary N) is 1. The lowest BCUT2D eigenvalue weighted by atomic mass is 9.43. The number of aliphatic hydroxyl groups excluding tert-OH is 3. The first kappa shape index (κ1) is 30.2. The molecule has 4 fully saturated rings. The van der Waals surface area contributed by atoms with Crippen LogP contribution in [0.1, 0.15) is 78.6 Å². The molecule has 1 aromatic carbocycles. The van der Waals surface area contributed by atoms with E-state index in [4.69, 9.17) is 16.7 Å². The van der Waals surface area contributed by atoms with Crippen molar-refractivity contribution in [3.8, 4) is 0 Å². The van der Waals surface area contributed by atoms with Crippen LogP contribution >= 0.6 is 11.6 Å². The normalized spacial score (nSPS) is 41.9. The SMILES string of the molecule is C[C@H](CCC(=O)Nc1ccc(S(N)(=O)=O)c(Cl)c1)[C@H]1CC[C@H]2[C@@H]3[C@H](O)C[C@@H]4C[C@H](O)CC[C@]4(C)[C@H]3C[C@H](O)[C@]12C. The number of rotatable bonds is 6. The van der Waals surface area contributed by atoms with Gasteiger partial charge in [0, 0.05) is 12.1 Å². The van der Waals surface area contributed by atoms with Crippen LogP contribution in [0.15, 0.2) is 23.1 Å². The topological polar surface area (TPSA) is 150 Å². The van der Waals surface area contributed by atoms with Crippen molar-refractivity contribution in [2.24, 2.45) is 51.5 Å². The van der Waals surface area contributed by atoms with E-state index >= 15 is 0 Å². The van der Waals surface area contributed by atoms with Crippen molar-refractivity contribution in [1.29, 1.82) is 0 Å². The molecule has 0 unspecified atom stereocenters. The van der Waals surface area contributed by atoms with Crippen molar-refractivity contribution in [2.45, 2.75) is 102 Å². The highest BCUT2D eigenvalue weighted by molar-refractivity contribution is 7.89. The number of primary sulfonamides is 1.